The van der Waals surface area contributed by atoms with Crippen molar-refractivity contribution in [3.8, 4) is 0 Å². The number of benzene rings is 2. The molecule has 6 heteroatoms. The number of nitrogens with zero attached hydrogens (tertiary/aromatic N) is 1. The first-order valence-corrected chi connectivity index (χ1v) is 6.91. The van der Waals surface area contributed by atoms with Gasteiger partial charge >= 0.3 is 0 Å². The molecule has 0 unspecified atom stereocenters. The molecule has 0 aliphatic rings. The SMILES string of the molecule is C/C(=N/Nc1c(Cl)cc(Cl)cc1Cl)c1cccc(N)c1. The maximum Gasteiger partial charge on any atom is 0.0935 e. The Kier molecular flexibility index (Phi) is 4.76. The van der Waals surface area contributed by atoms with Crippen LogP contribution in [0.1, 0.15) is 12.5 Å². The van der Waals surface area contributed by atoms with Gasteiger partial charge in [-0.25, -0.2) is 0 Å². The molecule has 0 saturated carbocycles. The highest BCUT2D eigenvalue weighted by molar-refractivity contribution is 6.41. The normalized spacial score (nSPS) is 11.5. The van der Waals surface area contributed by atoms with Crippen molar-refractivity contribution in [3.05, 3.63) is 57.0 Å². The molecule has 3 nitrogen and oxygen atoms in total. The van der Waals surface area contributed by atoms with E-state index in [0.717, 1.165) is 11.3 Å². The monoisotopic (exact) mass is 327 g/mol. The Balaban J connectivity index is 2.25. The highest BCUT2D eigenvalue weighted by Gasteiger charge is 2.07. The number of rotatable bonds is 3. The van der Waals surface area contributed by atoms with Crippen LogP contribution in [0.4, 0.5) is 11.4 Å². The Bertz CT molecular complexity index is 645. The van der Waals surface area contributed by atoms with Gasteiger partial charge in [-0.3, -0.25) is 5.43 Å². The van der Waals surface area contributed by atoms with E-state index < -0.39 is 0 Å². The second-order valence-corrected chi connectivity index (χ2v) is 5.43. The third-order valence-corrected chi connectivity index (χ3v) is 3.46. The lowest BCUT2D eigenvalue weighted by Gasteiger charge is -2.08. The molecule has 0 heterocycles. The van der Waals surface area contributed by atoms with Crippen LogP contribution in [-0.2, 0) is 0 Å². The van der Waals surface area contributed by atoms with E-state index in [1.807, 2.05) is 31.2 Å². The van der Waals surface area contributed by atoms with Crippen molar-refractivity contribution in [3.63, 3.8) is 0 Å². The molecule has 2 rings (SSSR count). The quantitative estimate of drug-likeness (QED) is 0.470. The fourth-order valence-corrected chi connectivity index (χ4v) is 2.52. The Morgan fingerprint density at radius 1 is 1.10 bits per heavy atom. The van der Waals surface area contributed by atoms with Crippen molar-refractivity contribution < 1.29 is 0 Å². The number of hydrogen-bond donors (Lipinski definition) is 2. The van der Waals surface area contributed by atoms with Gasteiger partial charge in [0.25, 0.3) is 0 Å². The van der Waals surface area contributed by atoms with E-state index in [1.165, 1.54) is 0 Å². The standard InChI is InChI=1S/C14H12Cl3N3/c1-8(9-3-2-4-11(18)5-9)19-20-14-12(16)6-10(15)7-13(14)17/h2-7,20H,18H2,1H3/b19-8-. The minimum Gasteiger partial charge on any atom is -0.399 e. The summed E-state index contributed by atoms with van der Waals surface area (Å²) >= 11 is 18.0. The minimum atomic E-state index is 0.409. The number of hydrogen-bond acceptors (Lipinski definition) is 3. The Morgan fingerprint density at radius 3 is 2.35 bits per heavy atom. The zero-order valence-electron chi connectivity index (χ0n) is 10.6. The maximum atomic E-state index is 6.07. The molecule has 0 atom stereocenters. The summed E-state index contributed by atoms with van der Waals surface area (Å²) < 4.78 is 0. The Morgan fingerprint density at radius 2 is 1.75 bits per heavy atom. The molecule has 2 aromatic carbocycles. The van der Waals surface area contributed by atoms with Crippen molar-refractivity contribution in [2.75, 3.05) is 11.2 Å². The molecule has 3 N–H and O–H groups in total. The van der Waals surface area contributed by atoms with Gasteiger partial charge in [-0.15, -0.1) is 0 Å². The third kappa shape index (κ3) is 3.57. The van der Waals surface area contributed by atoms with E-state index in [4.69, 9.17) is 40.5 Å². The molecule has 0 aliphatic carbocycles. The first kappa shape index (κ1) is 15.0. The number of nitrogens with two attached hydrogens (primary N) is 1. The highest BCUT2D eigenvalue weighted by Crippen LogP contribution is 2.33. The molecule has 2 aromatic rings. The van der Waals surface area contributed by atoms with Crippen LogP contribution in [0.25, 0.3) is 0 Å². The van der Waals surface area contributed by atoms with Gasteiger partial charge in [0, 0.05) is 10.7 Å². The van der Waals surface area contributed by atoms with Crippen LogP contribution < -0.4 is 11.2 Å². The average molecular weight is 329 g/mol. The van der Waals surface area contributed by atoms with Crippen LogP contribution >= 0.6 is 34.8 Å². The van der Waals surface area contributed by atoms with E-state index >= 15 is 0 Å². The van der Waals surface area contributed by atoms with Gasteiger partial charge in [0.1, 0.15) is 0 Å². The van der Waals surface area contributed by atoms with Crippen molar-refractivity contribution in [1.29, 1.82) is 0 Å². The van der Waals surface area contributed by atoms with Crippen LogP contribution in [0.5, 0.6) is 0 Å². The number of hydrazone groups is 1. The molecular weight excluding hydrogens is 317 g/mol. The van der Waals surface area contributed by atoms with Crippen molar-refractivity contribution in [2.24, 2.45) is 5.10 Å². The molecule has 104 valence electrons. The molecule has 0 bridgehead atoms. The predicted molar refractivity (Wildman–Crippen MR) is 88.2 cm³/mol. The van der Waals surface area contributed by atoms with E-state index in [0.29, 0.717) is 26.4 Å². The van der Waals surface area contributed by atoms with Crippen LogP contribution in [0.2, 0.25) is 15.1 Å². The summed E-state index contributed by atoms with van der Waals surface area (Å²) in [4.78, 5) is 0. The predicted octanol–water partition coefficient (Wildman–Crippen LogP) is 5.07. The third-order valence-electron chi connectivity index (χ3n) is 2.65. The maximum absolute atomic E-state index is 6.07. The lowest BCUT2D eigenvalue weighted by molar-refractivity contribution is 1.32. The highest BCUT2D eigenvalue weighted by atomic mass is 35.5. The Labute approximate surface area is 132 Å². The van der Waals surface area contributed by atoms with Crippen LogP contribution in [0, 0.1) is 0 Å². The van der Waals surface area contributed by atoms with Gasteiger partial charge < -0.3 is 5.73 Å². The van der Waals surface area contributed by atoms with Crippen LogP contribution in [0.15, 0.2) is 41.5 Å². The molecule has 0 fully saturated rings. The summed E-state index contributed by atoms with van der Waals surface area (Å²) in [6, 6.07) is 10.6. The zero-order chi connectivity index (χ0) is 14.7. The lowest BCUT2D eigenvalue weighted by Crippen LogP contribution is -2.01. The number of nitrogens with one attached hydrogen (secondary N) is 1. The summed E-state index contributed by atoms with van der Waals surface area (Å²) in [7, 11) is 0. The van der Waals surface area contributed by atoms with E-state index in [2.05, 4.69) is 10.5 Å². The summed E-state index contributed by atoms with van der Waals surface area (Å²) in [6.07, 6.45) is 0. The lowest BCUT2D eigenvalue weighted by atomic mass is 10.1. The second kappa shape index (κ2) is 6.35. The smallest absolute Gasteiger partial charge is 0.0935 e. The first-order chi connectivity index (χ1) is 9.47. The van der Waals surface area contributed by atoms with Gasteiger partial charge in [0.2, 0.25) is 0 Å². The van der Waals surface area contributed by atoms with Crippen LogP contribution in [0.3, 0.4) is 0 Å². The topological polar surface area (TPSA) is 50.4 Å². The van der Waals surface area contributed by atoms with Crippen molar-refractivity contribution >= 4 is 51.9 Å². The number of nitrogen functional groups attached to an aromatic ring is 1. The molecule has 0 aromatic heterocycles. The Hall–Kier alpha value is -1.42. The van der Waals surface area contributed by atoms with Gasteiger partial charge in [0.15, 0.2) is 0 Å². The van der Waals surface area contributed by atoms with Crippen molar-refractivity contribution in [1.82, 2.24) is 0 Å². The summed E-state index contributed by atoms with van der Waals surface area (Å²) in [6.45, 7) is 1.86. The zero-order valence-corrected chi connectivity index (χ0v) is 12.9. The van der Waals surface area contributed by atoms with Crippen LogP contribution in [-0.4, -0.2) is 5.71 Å². The fraction of sp³-hybridized carbons (Fsp3) is 0.0714. The largest absolute Gasteiger partial charge is 0.399 e. The molecule has 0 amide bonds. The van der Waals surface area contributed by atoms with Gasteiger partial charge in [-0.1, -0.05) is 46.9 Å². The summed E-state index contributed by atoms with van der Waals surface area (Å²) in [5, 5.41) is 5.55. The minimum absolute atomic E-state index is 0.409. The van der Waals surface area contributed by atoms with Gasteiger partial charge in [-0.05, 0) is 36.8 Å². The molecular formula is C14H12Cl3N3. The number of halogens is 3. The van der Waals surface area contributed by atoms with Gasteiger partial charge in [-0.2, -0.15) is 5.10 Å². The molecule has 0 aliphatic heterocycles. The van der Waals surface area contributed by atoms with E-state index in [1.54, 1.807) is 12.1 Å². The first-order valence-electron chi connectivity index (χ1n) is 5.78. The second-order valence-electron chi connectivity index (χ2n) is 4.18. The van der Waals surface area contributed by atoms with E-state index in [-0.39, 0.29) is 0 Å². The summed E-state index contributed by atoms with van der Waals surface area (Å²) in [5.74, 6) is 0. The fourth-order valence-electron chi connectivity index (χ4n) is 1.62. The van der Waals surface area contributed by atoms with Crippen molar-refractivity contribution in [2.45, 2.75) is 6.92 Å². The average Bonchev–Trinajstić information content (AvgIpc) is 2.37. The van der Waals surface area contributed by atoms with Gasteiger partial charge in [0.05, 0.1) is 21.4 Å². The molecule has 0 spiro atoms. The molecule has 0 radical (unpaired) electrons. The summed E-state index contributed by atoms with van der Waals surface area (Å²) in [5.41, 5.74) is 11.5. The molecule has 0 saturated heterocycles. The number of anilines is 2. The molecule has 20 heavy (non-hydrogen) atoms. The van der Waals surface area contributed by atoms with E-state index in [9.17, 15) is 0 Å².